The number of halogens is 3. The highest BCUT2D eigenvalue weighted by Gasteiger charge is 1.88. The highest BCUT2D eigenvalue weighted by atomic mass is 19.3. The molecule has 0 aliphatic carbocycles. The van der Waals surface area contributed by atoms with Crippen molar-refractivity contribution >= 4 is 0 Å². The molecule has 0 amide bonds. The molecule has 0 unspecified atom stereocenters. The average Bonchev–Trinajstić information content (AvgIpc) is 1.91. The molecule has 0 aromatic heterocycles. The van der Waals surface area contributed by atoms with E-state index < -0.39 is 11.6 Å². The van der Waals surface area contributed by atoms with E-state index >= 15 is 0 Å². The molecule has 0 atom stereocenters. The minimum Gasteiger partial charge on any atom is -0.209 e. The van der Waals surface area contributed by atoms with Crippen molar-refractivity contribution in [2.75, 3.05) is 0 Å². The molecule has 0 saturated carbocycles. The van der Waals surface area contributed by atoms with Crippen LogP contribution in [0.3, 0.4) is 0 Å². The molecule has 10 heavy (non-hydrogen) atoms. The summed E-state index contributed by atoms with van der Waals surface area (Å²) in [4.78, 5) is 0. The standard InChI is InChI=1S/C6H4F2.FHO/c7-5-2-1-3-6(8)4-5;1-2/h1-4H;2H. The molecular formula is C6H5F3O. The number of rotatable bonds is 0. The third kappa shape index (κ3) is 3.09. The predicted molar refractivity (Wildman–Crippen MR) is 29.7 cm³/mol. The zero-order valence-electron chi connectivity index (χ0n) is 4.89. The first-order chi connectivity index (χ1) is 4.79. The van der Waals surface area contributed by atoms with Gasteiger partial charge in [-0.05, 0) is 12.1 Å². The third-order valence-corrected chi connectivity index (χ3v) is 0.787. The van der Waals surface area contributed by atoms with E-state index in [1.54, 1.807) is 0 Å². The minimum absolute atomic E-state index is 0.537. The SMILES string of the molecule is Fc1cccc(F)c1.OF. The van der Waals surface area contributed by atoms with Crippen molar-refractivity contribution in [2.24, 2.45) is 0 Å². The summed E-state index contributed by atoms with van der Waals surface area (Å²) in [7, 11) is 0. The molecule has 1 aromatic carbocycles. The highest BCUT2D eigenvalue weighted by molar-refractivity contribution is 5.04. The Morgan fingerprint density at radius 1 is 1.00 bits per heavy atom. The van der Waals surface area contributed by atoms with Crippen LogP contribution in [0.15, 0.2) is 24.3 Å². The fourth-order valence-electron chi connectivity index (χ4n) is 0.460. The summed E-state index contributed by atoms with van der Waals surface area (Å²) in [5, 5.41) is 5.50. The van der Waals surface area contributed by atoms with Crippen molar-refractivity contribution in [2.45, 2.75) is 0 Å². The third-order valence-electron chi connectivity index (χ3n) is 0.787. The van der Waals surface area contributed by atoms with E-state index in [9.17, 15) is 8.78 Å². The van der Waals surface area contributed by atoms with Gasteiger partial charge in [0.25, 0.3) is 0 Å². The Labute approximate surface area is 55.6 Å². The van der Waals surface area contributed by atoms with Crippen LogP contribution in [0, 0.1) is 11.6 Å². The Balaban J connectivity index is 0.000000371. The molecule has 0 aliphatic rings. The number of hydrogen-bond donors (Lipinski definition) is 1. The van der Waals surface area contributed by atoms with E-state index in [0.717, 1.165) is 6.07 Å². The molecule has 0 bridgehead atoms. The Morgan fingerprint density at radius 2 is 1.40 bits per heavy atom. The molecule has 0 heterocycles. The summed E-state index contributed by atoms with van der Waals surface area (Å²) in [5.41, 5.74) is 0. The Kier molecular flexibility index (Phi) is 4.32. The summed E-state index contributed by atoms with van der Waals surface area (Å²) >= 11 is 0. The summed E-state index contributed by atoms with van der Waals surface area (Å²) in [6.07, 6.45) is 0. The van der Waals surface area contributed by atoms with E-state index in [0.29, 0.717) is 0 Å². The molecule has 1 aromatic rings. The quantitative estimate of drug-likeness (QED) is 0.598. The molecule has 56 valence electrons. The lowest BCUT2D eigenvalue weighted by molar-refractivity contribution is -0.0441. The van der Waals surface area contributed by atoms with E-state index in [-0.39, 0.29) is 0 Å². The molecule has 0 radical (unpaired) electrons. The van der Waals surface area contributed by atoms with Crippen LogP contribution < -0.4 is 0 Å². The van der Waals surface area contributed by atoms with Gasteiger partial charge in [0.2, 0.25) is 0 Å². The molecule has 0 fully saturated rings. The molecular weight excluding hydrogens is 145 g/mol. The number of hydrogen-bond acceptors (Lipinski definition) is 1. The second kappa shape index (κ2) is 4.81. The Hall–Kier alpha value is -1.03. The van der Waals surface area contributed by atoms with Gasteiger partial charge in [0.1, 0.15) is 11.6 Å². The monoisotopic (exact) mass is 150 g/mol. The van der Waals surface area contributed by atoms with Gasteiger partial charge < -0.3 is 0 Å². The van der Waals surface area contributed by atoms with E-state index in [4.69, 9.17) is 9.84 Å². The molecule has 1 rings (SSSR count). The van der Waals surface area contributed by atoms with Gasteiger partial charge in [0, 0.05) is 6.07 Å². The Bertz CT molecular complexity index is 173. The van der Waals surface area contributed by atoms with Gasteiger partial charge in [-0.3, -0.25) is 0 Å². The normalized spacial score (nSPS) is 8.00. The van der Waals surface area contributed by atoms with Crippen LogP contribution in [0.4, 0.5) is 13.3 Å². The van der Waals surface area contributed by atoms with Gasteiger partial charge in [-0.25, -0.2) is 14.1 Å². The maximum Gasteiger partial charge on any atom is 0.126 e. The second-order valence-electron chi connectivity index (χ2n) is 1.44. The number of benzene rings is 1. The van der Waals surface area contributed by atoms with Crippen LogP contribution in [0.2, 0.25) is 0 Å². The van der Waals surface area contributed by atoms with Gasteiger partial charge in [-0.15, -0.1) is 0 Å². The summed E-state index contributed by atoms with van der Waals surface area (Å²) in [6, 6.07) is 4.55. The van der Waals surface area contributed by atoms with Gasteiger partial charge in [-0.1, -0.05) is 10.6 Å². The summed E-state index contributed by atoms with van der Waals surface area (Å²) in [6.45, 7) is 0. The zero-order chi connectivity index (χ0) is 7.98. The Morgan fingerprint density at radius 3 is 1.60 bits per heavy atom. The minimum atomic E-state index is -0.537. The molecule has 1 N–H and O–H groups in total. The second-order valence-corrected chi connectivity index (χ2v) is 1.44. The van der Waals surface area contributed by atoms with Gasteiger partial charge >= 0.3 is 0 Å². The van der Waals surface area contributed by atoms with Crippen molar-refractivity contribution in [3.63, 3.8) is 0 Å². The van der Waals surface area contributed by atoms with Crippen LogP contribution in [-0.2, 0) is 0 Å². The van der Waals surface area contributed by atoms with Gasteiger partial charge in [0.15, 0.2) is 0 Å². The smallest absolute Gasteiger partial charge is 0.126 e. The van der Waals surface area contributed by atoms with Gasteiger partial charge in [0.05, 0.1) is 0 Å². The van der Waals surface area contributed by atoms with Crippen LogP contribution in [0.1, 0.15) is 0 Å². The van der Waals surface area contributed by atoms with Crippen molar-refractivity contribution < 1.29 is 18.6 Å². The summed E-state index contributed by atoms with van der Waals surface area (Å²) < 4.78 is 32.4. The first-order valence-electron chi connectivity index (χ1n) is 2.37. The largest absolute Gasteiger partial charge is 0.209 e. The van der Waals surface area contributed by atoms with Crippen molar-refractivity contribution in [1.29, 1.82) is 0 Å². The van der Waals surface area contributed by atoms with Crippen molar-refractivity contribution in [3.8, 4) is 0 Å². The molecule has 4 heteroatoms. The maximum atomic E-state index is 11.9. The first kappa shape index (κ1) is 8.97. The highest BCUT2D eigenvalue weighted by Crippen LogP contribution is 1.99. The zero-order valence-corrected chi connectivity index (χ0v) is 4.89. The van der Waals surface area contributed by atoms with Gasteiger partial charge in [-0.2, -0.15) is 0 Å². The topological polar surface area (TPSA) is 20.2 Å². The van der Waals surface area contributed by atoms with E-state index in [2.05, 4.69) is 0 Å². The predicted octanol–water partition coefficient (Wildman–Crippen LogP) is 1.83. The molecule has 0 aliphatic heterocycles. The van der Waals surface area contributed by atoms with E-state index in [1.807, 2.05) is 0 Å². The van der Waals surface area contributed by atoms with E-state index in [1.165, 1.54) is 18.2 Å². The van der Waals surface area contributed by atoms with Crippen molar-refractivity contribution in [1.82, 2.24) is 0 Å². The molecule has 0 saturated heterocycles. The molecule has 1 nitrogen and oxygen atoms in total. The van der Waals surface area contributed by atoms with Crippen LogP contribution in [0.5, 0.6) is 0 Å². The van der Waals surface area contributed by atoms with Crippen LogP contribution >= 0.6 is 0 Å². The average molecular weight is 150 g/mol. The van der Waals surface area contributed by atoms with Crippen LogP contribution in [-0.4, -0.2) is 5.31 Å². The molecule has 0 spiro atoms. The lowest BCUT2D eigenvalue weighted by Crippen LogP contribution is -1.73. The first-order valence-corrected chi connectivity index (χ1v) is 2.37. The fourth-order valence-corrected chi connectivity index (χ4v) is 0.460. The lowest BCUT2D eigenvalue weighted by atomic mass is 10.3. The van der Waals surface area contributed by atoms with Crippen LogP contribution in [0.25, 0.3) is 0 Å². The maximum absolute atomic E-state index is 11.9. The lowest BCUT2D eigenvalue weighted by Gasteiger charge is -1.84. The van der Waals surface area contributed by atoms with Crippen molar-refractivity contribution in [3.05, 3.63) is 35.9 Å². The summed E-state index contributed by atoms with van der Waals surface area (Å²) in [5.74, 6) is -1.07. The fraction of sp³-hybridized carbons (Fsp3) is 0.